The SMILES string of the molecule is CCCCC1CC(Cn2cncn2)(c2ccccc2)C(=O)O1. The summed E-state index contributed by atoms with van der Waals surface area (Å²) in [4.78, 5) is 16.7. The standard InChI is InChI=1S/C17H21N3O2/c1-2-3-9-15-10-17(16(21)22-15,11-20-13-18-12-19-20)14-7-5-4-6-8-14/h4-8,12-13,15H,2-3,9-11H2,1H3. The number of aromatic nitrogens is 3. The highest BCUT2D eigenvalue weighted by Gasteiger charge is 2.50. The van der Waals surface area contributed by atoms with Gasteiger partial charge in [-0.15, -0.1) is 0 Å². The molecule has 1 aliphatic heterocycles. The first-order chi connectivity index (χ1) is 10.7. The van der Waals surface area contributed by atoms with E-state index in [-0.39, 0.29) is 12.1 Å². The van der Waals surface area contributed by atoms with Crippen LogP contribution in [-0.2, 0) is 21.5 Å². The van der Waals surface area contributed by atoms with Gasteiger partial charge in [-0.2, -0.15) is 5.10 Å². The zero-order valence-electron chi connectivity index (χ0n) is 12.8. The van der Waals surface area contributed by atoms with Crippen molar-refractivity contribution in [3.8, 4) is 0 Å². The third-order valence-electron chi connectivity index (χ3n) is 4.35. The van der Waals surface area contributed by atoms with Crippen molar-refractivity contribution in [2.75, 3.05) is 0 Å². The highest BCUT2D eigenvalue weighted by Crippen LogP contribution is 2.40. The number of esters is 1. The first-order valence-corrected chi connectivity index (χ1v) is 7.83. The number of carbonyl (C=O) groups excluding carboxylic acids is 1. The number of cyclic esters (lactones) is 1. The van der Waals surface area contributed by atoms with Crippen molar-refractivity contribution >= 4 is 5.97 Å². The number of carbonyl (C=O) groups is 1. The first kappa shape index (κ1) is 14.8. The van der Waals surface area contributed by atoms with Crippen LogP contribution in [0.2, 0.25) is 0 Å². The van der Waals surface area contributed by atoms with Crippen LogP contribution >= 0.6 is 0 Å². The molecular weight excluding hydrogens is 278 g/mol. The minimum atomic E-state index is -0.659. The molecule has 1 aromatic heterocycles. The summed E-state index contributed by atoms with van der Waals surface area (Å²) >= 11 is 0. The maximum Gasteiger partial charge on any atom is 0.318 e. The molecule has 1 fully saturated rings. The summed E-state index contributed by atoms with van der Waals surface area (Å²) in [6.07, 6.45) is 6.95. The van der Waals surface area contributed by atoms with Gasteiger partial charge < -0.3 is 4.74 Å². The van der Waals surface area contributed by atoms with E-state index in [0.717, 1.165) is 24.8 Å². The van der Waals surface area contributed by atoms with Crippen LogP contribution in [0.3, 0.4) is 0 Å². The molecule has 22 heavy (non-hydrogen) atoms. The lowest BCUT2D eigenvalue weighted by molar-refractivity contribution is -0.146. The van der Waals surface area contributed by atoms with Gasteiger partial charge in [-0.1, -0.05) is 50.1 Å². The highest BCUT2D eigenvalue weighted by atomic mass is 16.6. The fourth-order valence-electron chi connectivity index (χ4n) is 3.17. The quantitative estimate of drug-likeness (QED) is 0.770. The van der Waals surface area contributed by atoms with E-state index in [1.54, 1.807) is 11.0 Å². The van der Waals surface area contributed by atoms with Crippen molar-refractivity contribution in [3.05, 3.63) is 48.5 Å². The molecule has 0 spiro atoms. The predicted molar refractivity (Wildman–Crippen MR) is 82.2 cm³/mol. The van der Waals surface area contributed by atoms with Gasteiger partial charge in [0, 0.05) is 6.42 Å². The summed E-state index contributed by atoms with van der Waals surface area (Å²) in [5, 5.41) is 4.17. The zero-order valence-corrected chi connectivity index (χ0v) is 12.8. The largest absolute Gasteiger partial charge is 0.462 e. The molecule has 116 valence electrons. The van der Waals surface area contributed by atoms with Crippen LogP contribution in [0, 0.1) is 0 Å². The maximum atomic E-state index is 12.7. The van der Waals surface area contributed by atoms with Crippen molar-refractivity contribution in [2.24, 2.45) is 0 Å². The third kappa shape index (κ3) is 2.75. The Morgan fingerprint density at radius 1 is 1.36 bits per heavy atom. The lowest BCUT2D eigenvalue weighted by Gasteiger charge is -2.25. The minimum absolute atomic E-state index is 0.00354. The highest BCUT2D eigenvalue weighted by molar-refractivity contribution is 5.85. The second-order valence-corrected chi connectivity index (χ2v) is 5.91. The summed E-state index contributed by atoms with van der Waals surface area (Å²) in [6, 6.07) is 9.89. The molecule has 1 aromatic carbocycles. The van der Waals surface area contributed by atoms with Crippen LogP contribution in [0.1, 0.15) is 38.2 Å². The molecule has 0 radical (unpaired) electrons. The Bertz CT molecular complexity index is 612. The summed E-state index contributed by atoms with van der Waals surface area (Å²) in [7, 11) is 0. The van der Waals surface area contributed by atoms with Crippen LogP contribution in [-0.4, -0.2) is 26.8 Å². The van der Waals surface area contributed by atoms with Gasteiger partial charge in [0.2, 0.25) is 0 Å². The number of hydrogen-bond acceptors (Lipinski definition) is 4. The Morgan fingerprint density at radius 3 is 2.86 bits per heavy atom. The lowest BCUT2D eigenvalue weighted by atomic mass is 9.77. The predicted octanol–water partition coefficient (Wildman–Crippen LogP) is 2.72. The van der Waals surface area contributed by atoms with Gasteiger partial charge in [-0.3, -0.25) is 9.48 Å². The van der Waals surface area contributed by atoms with Crippen molar-refractivity contribution in [2.45, 2.75) is 50.7 Å². The summed E-state index contributed by atoms with van der Waals surface area (Å²) in [5.74, 6) is -0.143. The van der Waals surface area contributed by atoms with E-state index in [1.807, 2.05) is 30.3 Å². The monoisotopic (exact) mass is 299 g/mol. The molecule has 1 saturated heterocycles. The second-order valence-electron chi connectivity index (χ2n) is 5.91. The number of ether oxygens (including phenoxy) is 1. The van der Waals surface area contributed by atoms with Crippen molar-refractivity contribution in [3.63, 3.8) is 0 Å². The van der Waals surface area contributed by atoms with Gasteiger partial charge in [-0.25, -0.2) is 4.98 Å². The summed E-state index contributed by atoms with van der Waals surface area (Å²) in [6.45, 7) is 2.62. The first-order valence-electron chi connectivity index (χ1n) is 7.83. The zero-order chi connectivity index (χ0) is 15.4. The molecule has 2 atom stereocenters. The normalized spacial score (nSPS) is 24.4. The van der Waals surface area contributed by atoms with E-state index < -0.39 is 5.41 Å². The van der Waals surface area contributed by atoms with Gasteiger partial charge in [0.15, 0.2) is 0 Å². The summed E-state index contributed by atoms with van der Waals surface area (Å²) < 4.78 is 7.40. The Hall–Kier alpha value is -2.17. The van der Waals surface area contributed by atoms with Crippen molar-refractivity contribution in [1.82, 2.24) is 14.8 Å². The van der Waals surface area contributed by atoms with Gasteiger partial charge in [0.1, 0.15) is 24.2 Å². The van der Waals surface area contributed by atoms with Gasteiger partial charge >= 0.3 is 5.97 Å². The molecule has 2 unspecified atom stereocenters. The van der Waals surface area contributed by atoms with Gasteiger partial charge in [-0.05, 0) is 12.0 Å². The molecule has 5 heteroatoms. The Labute approximate surface area is 130 Å². The number of unbranched alkanes of at least 4 members (excludes halogenated alkanes) is 1. The van der Waals surface area contributed by atoms with Crippen LogP contribution in [0.25, 0.3) is 0 Å². The Morgan fingerprint density at radius 2 is 2.18 bits per heavy atom. The van der Waals surface area contributed by atoms with Crippen LogP contribution in [0.4, 0.5) is 0 Å². The van der Waals surface area contributed by atoms with E-state index in [1.165, 1.54) is 6.33 Å². The molecule has 0 amide bonds. The number of benzene rings is 1. The molecule has 0 N–H and O–H groups in total. The molecule has 2 aromatic rings. The molecule has 3 rings (SSSR count). The molecule has 0 bridgehead atoms. The molecule has 5 nitrogen and oxygen atoms in total. The molecule has 0 aliphatic carbocycles. The fraction of sp³-hybridized carbons (Fsp3) is 0.471. The maximum absolute atomic E-state index is 12.7. The van der Waals surface area contributed by atoms with Crippen molar-refractivity contribution in [1.29, 1.82) is 0 Å². The van der Waals surface area contributed by atoms with E-state index in [0.29, 0.717) is 13.0 Å². The van der Waals surface area contributed by atoms with E-state index in [4.69, 9.17) is 4.74 Å². The number of hydrogen-bond donors (Lipinski definition) is 0. The Balaban J connectivity index is 1.92. The second kappa shape index (κ2) is 6.30. The average Bonchev–Trinajstić information content (AvgIpc) is 3.15. The lowest BCUT2D eigenvalue weighted by Crippen LogP contribution is -2.36. The summed E-state index contributed by atoms with van der Waals surface area (Å²) in [5.41, 5.74) is 0.336. The molecular formula is C17H21N3O2. The van der Waals surface area contributed by atoms with Gasteiger partial charge in [0.25, 0.3) is 0 Å². The van der Waals surface area contributed by atoms with E-state index >= 15 is 0 Å². The van der Waals surface area contributed by atoms with Gasteiger partial charge in [0.05, 0.1) is 6.54 Å². The van der Waals surface area contributed by atoms with E-state index in [2.05, 4.69) is 17.0 Å². The van der Waals surface area contributed by atoms with Crippen LogP contribution < -0.4 is 0 Å². The molecule has 0 saturated carbocycles. The topological polar surface area (TPSA) is 57.0 Å². The third-order valence-corrected chi connectivity index (χ3v) is 4.35. The molecule has 2 heterocycles. The van der Waals surface area contributed by atoms with E-state index in [9.17, 15) is 4.79 Å². The van der Waals surface area contributed by atoms with Crippen LogP contribution in [0.15, 0.2) is 43.0 Å². The van der Waals surface area contributed by atoms with Crippen molar-refractivity contribution < 1.29 is 9.53 Å². The smallest absolute Gasteiger partial charge is 0.318 e. The minimum Gasteiger partial charge on any atom is -0.462 e. The Kier molecular flexibility index (Phi) is 4.22. The fourth-order valence-corrected chi connectivity index (χ4v) is 3.17. The number of nitrogens with zero attached hydrogens (tertiary/aromatic N) is 3. The molecule has 1 aliphatic rings. The number of rotatable bonds is 6. The van der Waals surface area contributed by atoms with Crippen LogP contribution in [0.5, 0.6) is 0 Å². The average molecular weight is 299 g/mol.